The van der Waals surface area contributed by atoms with Crippen LogP contribution in [-0.2, 0) is 0 Å². The largest absolute Gasteiger partial charge is 0.461 e. The molecule has 0 aliphatic carbocycles. The average Bonchev–Trinajstić information content (AvgIpc) is 2.84. The van der Waals surface area contributed by atoms with Crippen molar-refractivity contribution in [3.63, 3.8) is 0 Å². The number of fused-ring (bicyclic) bond motifs is 2. The molecule has 0 unspecified atom stereocenters. The second kappa shape index (κ2) is 4.35. The molecule has 102 valence electrons. The van der Waals surface area contributed by atoms with Crippen LogP contribution in [0.25, 0.3) is 33.1 Å². The number of benzene rings is 2. The minimum Gasteiger partial charge on any atom is -0.461 e. The Morgan fingerprint density at radius 2 is 1.67 bits per heavy atom. The summed E-state index contributed by atoms with van der Waals surface area (Å²) in [5.41, 5.74) is 2.79. The Labute approximate surface area is 120 Å². The molecule has 0 spiro atoms. The van der Waals surface area contributed by atoms with Crippen LogP contribution in [0.1, 0.15) is 5.76 Å². The molecule has 2 aromatic carbocycles. The molecular formula is C18H12O3. The third-order valence-corrected chi connectivity index (χ3v) is 3.59. The maximum Gasteiger partial charge on any atom is 0.336 e. The van der Waals surface area contributed by atoms with E-state index in [1.165, 1.54) is 6.07 Å². The monoisotopic (exact) mass is 276 g/mol. The number of rotatable bonds is 1. The van der Waals surface area contributed by atoms with E-state index in [1.807, 2.05) is 49.4 Å². The lowest BCUT2D eigenvalue weighted by atomic mass is 10.0. The first-order chi connectivity index (χ1) is 10.2. The second-order valence-electron chi connectivity index (χ2n) is 5.09. The summed E-state index contributed by atoms with van der Waals surface area (Å²) in [5, 5.41) is 1.92. The summed E-state index contributed by atoms with van der Waals surface area (Å²) in [4.78, 5) is 11.8. The van der Waals surface area contributed by atoms with Crippen molar-refractivity contribution in [2.24, 2.45) is 0 Å². The van der Waals surface area contributed by atoms with Gasteiger partial charge in [0, 0.05) is 22.9 Å². The summed E-state index contributed by atoms with van der Waals surface area (Å²) in [7, 11) is 0. The van der Waals surface area contributed by atoms with Gasteiger partial charge < -0.3 is 8.83 Å². The van der Waals surface area contributed by atoms with Crippen molar-refractivity contribution in [2.75, 3.05) is 0 Å². The van der Waals surface area contributed by atoms with Gasteiger partial charge in [-0.1, -0.05) is 30.3 Å². The van der Waals surface area contributed by atoms with Crippen LogP contribution in [0.2, 0.25) is 0 Å². The highest BCUT2D eigenvalue weighted by atomic mass is 16.4. The van der Waals surface area contributed by atoms with Crippen LogP contribution in [0.5, 0.6) is 0 Å². The minimum atomic E-state index is -0.357. The summed E-state index contributed by atoms with van der Waals surface area (Å²) < 4.78 is 10.9. The lowest BCUT2D eigenvalue weighted by molar-refractivity contribution is 0.556. The topological polar surface area (TPSA) is 43.4 Å². The van der Waals surface area contributed by atoms with Gasteiger partial charge in [-0.3, -0.25) is 0 Å². The summed E-state index contributed by atoms with van der Waals surface area (Å²) in [6, 6.07) is 17.1. The fraction of sp³-hybridized carbons (Fsp3) is 0.0556. The third kappa shape index (κ3) is 1.94. The Morgan fingerprint density at radius 1 is 0.857 bits per heavy atom. The van der Waals surface area contributed by atoms with E-state index >= 15 is 0 Å². The van der Waals surface area contributed by atoms with Gasteiger partial charge in [-0.2, -0.15) is 0 Å². The number of aryl methyl sites for hydroxylation is 1. The Kier molecular flexibility index (Phi) is 2.48. The van der Waals surface area contributed by atoms with Crippen molar-refractivity contribution in [3.05, 3.63) is 70.8 Å². The van der Waals surface area contributed by atoms with Crippen molar-refractivity contribution < 1.29 is 8.83 Å². The van der Waals surface area contributed by atoms with Gasteiger partial charge in [0.05, 0.1) is 0 Å². The van der Waals surface area contributed by atoms with E-state index in [4.69, 9.17) is 8.83 Å². The van der Waals surface area contributed by atoms with Crippen molar-refractivity contribution in [2.45, 2.75) is 6.92 Å². The van der Waals surface area contributed by atoms with Crippen LogP contribution in [-0.4, -0.2) is 0 Å². The molecule has 0 fully saturated rings. The maximum absolute atomic E-state index is 11.8. The highest BCUT2D eigenvalue weighted by molar-refractivity contribution is 6.01. The first-order valence-corrected chi connectivity index (χ1v) is 6.74. The van der Waals surface area contributed by atoms with E-state index in [2.05, 4.69) is 0 Å². The molecule has 0 bridgehead atoms. The second-order valence-corrected chi connectivity index (χ2v) is 5.09. The molecule has 0 radical (unpaired) electrons. The zero-order valence-corrected chi connectivity index (χ0v) is 11.4. The molecule has 0 aliphatic heterocycles. The molecule has 0 saturated carbocycles. The molecule has 3 heteroatoms. The summed E-state index contributed by atoms with van der Waals surface area (Å²) in [6.07, 6.45) is 0. The first kappa shape index (κ1) is 12.0. The maximum atomic E-state index is 11.8. The minimum absolute atomic E-state index is 0.357. The molecule has 0 aliphatic rings. The van der Waals surface area contributed by atoms with Crippen LogP contribution in [0.4, 0.5) is 0 Å². The van der Waals surface area contributed by atoms with E-state index < -0.39 is 0 Å². The highest BCUT2D eigenvalue weighted by Crippen LogP contribution is 2.31. The zero-order chi connectivity index (χ0) is 14.4. The lowest BCUT2D eigenvalue weighted by Gasteiger charge is -2.05. The summed E-state index contributed by atoms with van der Waals surface area (Å²) >= 11 is 0. The van der Waals surface area contributed by atoms with Gasteiger partial charge in [0.1, 0.15) is 16.9 Å². The Hall–Kier alpha value is -2.81. The molecule has 0 N–H and O–H groups in total. The van der Waals surface area contributed by atoms with E-state index in [1.54, 1.807) is 6.07 Å². The predicted molar refractivity (Wildman–Crippen MR) is 82.4 cm³/mol. The fourth-order valence-electron chi connectivity index (χ4n) is 2.69. The van der Waals surface area contributed by atoms with Crippen molar-refractivity contribution in [1.29, 1.82) is 0 Å². The van der Waals surface area contributed by atoms with Gasteiger partial charge in [0.15, 0.2) is 0 Å². The first-order valence-electron chi connectivity index (χ1n) is 6.74. The Morgan fingerprint density at radius 3 is 2.48 bits per heavy atom. The predicted octanol–water partition coefficient (Wildman–Crippen LogP) is 4.51. The van der Waals surface area contributed by atoms with Gasteiger partial charge in [-0.05, 0) is 30.2 Å². The van der Waals surface area contributed by atoms with E-state index in [9.17, 15) is 4.79 Å². The van der Waals surface area contributed by atoms with Crippen molar-refractivity contribution >= 4 is 21.9 Å². The van der Waals surface area contributed by atoms with E-state index in [-0.39, 0.29) is 5.63 Å². The van der Waals surface area contributed by atoms with Crippen LogP contribution < -0.4 is 5.63 Å². The molecule has 2 heterocycles. The molecule has 3 nitrogen and oxygen atoms in total. The van der Waals surface area contributed by atoms with Gasteiger partial charge in [0.2, 0.25) is 0 Å². The van der Waals surface area contributed by atoms with Crippen LogP contribution >= 0.6 is 0 Å². The van der Waals surface area contributed by atoms with Crippen molar-refractivity contribution in [1.82, 2.24) is 0 Å². The summed E-state index contributed by atoms with van der Waals surface area (Å²) in [6.45, 7) is 1.90. The highest BCUT2D eigenvalue weighted by Gasteiger charge is 2.11. The fourth-order valence-corrected chi connectivity index (χ4v) is 2.69. The molecular weight excluding hydrogens is 264 g/mol. The van der Waals surface area contributed by atoms with Crippen LogP contribution in [0.15, 0.2) is 68.2 Å². The molecule has 0 atom stereocenters. The number of hydrogen-bond donors (Lipinski definition) is 0. The SMILES string of the molecule is Cc1cc2cc3c(-c4ccccc4)cc(=O)oc3cc2o1. The Bertz CT molecular complexity index is 1010. The van der Waals surface area contributed by atoms with Crippen LogP contribution in [0, 0.1) is 6.92 Å². The van der Waals surface area contributed by atoms with E-state index in [0.717, 1.165) is 33.2 Å². The quantitative estimate of drug-likeness (QED) is 0.480. The zero-order valence-electron chi connectivity index (χ0n) is 11.4. The average molecular weight is 276 g/mol. The van der Waals surface area contributed by atoms with Crippen LogP contribution in [0.3, 0.4) is 0 Å². The molecule has 21 heavy (non-hydrogen) atoms. The van der Waals surface area contributed by atoms with Gasteiger partial charge in [-0.15, -0.1) is 0 Å². The third-order valence-electron chi connectivity index (χ3n) is 3.59. The molecule has 0 saturated heterocycles. The molecule has 4 rings (SSSR count). The smallest absolute Gasteiger partial charge is 0.336 e. The Balaban J connectivity index is 2.14. The molecule has 0 amide bonds. The normalized spacial score (nSPS) is 11.3. The standard InChI is InChI=1S/C18H12O3/c1-11-7-13-8-15-14(12-5-3-2-4-6-12)9-18(19)21-17(15)10-16(13)20-11/h2-10H,1H3. The number of furan rings is 1. The van der Waals surface area contributed by atoms with Gasteiger partial charge in [0.25, 0.3) is 0 Å². The summed E-state index contributed by atoms with van der Waals surface area (Å²) in [5.74, 6) is 0.837. The van der Waals surface area contributed by atoms with Gasteiger partial charge >= 0.3 is 5.63 Å². The van der Waals surface area contributed by atoms with Crippen molar-refractivity contribution in [3.8, 4) is 11.1 Å². The van der Waals surface area contributed by atoms with E-state index in [0.29, 0.717) is 5.58 Å². The lowest BCUT2D eigenvalue weighted by Crippen LogP contribution is -1.97. The van der Waals surface area contributed by atoms with Gasteiger partial charge in [-0.25, -0.2) is 4.79 Å². The molecule has 2 aromatic heterocycles. The number of hydrogen-bond acceptors (Lipinski definition) is 3. The molecule has 4 aromatic rings.